The standard InChI is InChI=1S/C21H29N3O3/c1-2-7-18(8-3-1)27-16-13-23-21(22-12-11-19-10-6-15-25-19)24-17-20-9-4-5-14-26-20/h1-3,6-8,10,15,20H,4-5,9,11-14,16-17H2,(H2,22,23,24). The summed E-state index contributed by atoms with van der Waals surface area (Å²) in [6, 6.07) is 13.7. The molecule has 3 rings (SSSR count). The lowest BCUT2D eigenvalue weighted by molar-refractivity contribution is 0.0224. The maximum atomic E-state index is 5.77. The first kappa shape index (κ1) is 19.3. The summed E-state index contributed by atoms with van der Waals surface area (Å²) in [7, 11) is 0. The molecule has 1 aliphatic rings. The summed E-state index contributed by atoms with van der Waals surface area (Å²) in [5.74, 6) is 2.62. The molecule has 0 amide bonds. The van der Waals surface area contributed by atoms with Crippen LogP contribution in [0.2, 0.25) is 0 Å². The predicted octanol–water partition coefficient (Wildman–Crippen LogP) is 3.01. The largest absolute Gasteiger partial charge is 0.492 e. The van der Waals surface area contributed by atoms with E-state index in [-0.39, 0.29) is 6.10 Å². The van der Waals surface area contributed by atoms with Gasteiger partial charge in [0.05, 0.1) is 25.5 Å². The van der Waals surface area contributed by atoms with Crippen molar-refractivity contribution in [3.8, 4) is 5.75 Å². The number of nitrogens with zero attached hydrogens (tertiary/aromatic N) is 1. The third kappa shape index (κ3) is 7.35. The summed E-state index contributed by atoms with van der Waals surface area (Å²) in [6.45, 7) is 3.52. The molecule has 2 aromatic rings. The fourth-order valence-electron chi connectivity index (χ4n) is 2.93. The molecule has 0 radical (unpaired) electrons. The highest BCUT2D eigenvalue weighted by Crippen LogP contribution is 2.12. The van der Waals surface area contributed by atoms with E-state index in [1.54, 1.807) is 6.26 Å². The van der Waals surface area contributed by atoms with Gasteiger partial charge in [0.1, 0.15) is 18.1 Å². The Hall–Kier alpha value is -2.47. The molecule has 2 heterocycles. The van der Waals surface area contributed by atoms with Crippen molar-refractivity contribution in [3.05, 3.63) is 54.5 Å². The molecule has 146 valence electrons. The quantitative estimate of drug-likeness (QED) is 0.403. The van der Waals surface area contributed by atoms with Gasteiger partial charge in [-0.15, -0.1) is 0 Å². The molecule has 0 bridgehead atoms. The highest BCUT2D eigenvalue weighted by molar-refractivity contribution is 5.79. The molecule has 2 N–H and O–H groups in total. The van der Waals surface area contributed by atoms with Gasteiger partial charge in [0, 0.05) is 19.6 Å². The topological polar surface area (TPSA) is 68.0 Å². The van der Waals surface area contributed by atoms with Crippen LogP contribution in [0.25, 0.3) is 0 Å². The molecule has 0 aliphatic carbocycles. The van der Waals surface area contributed by atoms with E-state index in [0.29, 0.717) is 19.7 Å². The fraction of sp³-hybridized carbons (Fsp3) is 0.476. The van der Waals surface area contributed by atoms with E-state index in [2.05, 4.69) is 10.6 Å². The van der Waals surface area contributed by atoms with Crippen LogP contribution >= 0.6 is 0 Å². The first-order valence-corrected chi connectivity index (χ1v) is 9.74. The van der Waals surface area contributed by atoms with Crippen molar-refractivity contribution in [1.29, 1.82) is 0 Å². The van der Waals surface area contributed by atoms with Crippen LogP contribution in [-0.2, 0) is 11.2 Å². The zero-order chi connectivity index (χ0) is 18.6. The molecular formula is C21H29N3O3. The Morgan fingerprint density at radius 1 is 1.07 bits per heavy atom. The van der Waals surface area contributed by atoms with Gasteiger partial charge in [0.15, 0.2) is 5.96 Å². The SMILES string of the molecule is c1ccc(OCCNC(=NCC2CCCCO2)NCCc2ccco2)cc1. The molecule has 1 saturated heterocycles. The van der Waals surface area contributed by atoms with Crippen LogP contribution in [0.5, 0.6) is 5.75 Å². The van der Waals surface area contributed by atoms with Crippen LogP contribution in [0, 0.1) is 0 Å². The number of benzene rings is 1. The summed E-state index contributed by atoms with van der Waals surface area (Å²) in [6.07, 6.45) is 6.20. The molecule has 1 aliphatic heterocycles. The molecule has 0 saturated carbocycles. The molecule has 1 fully saturated rings. The van der Waals surface area contributed by atoms with Gasteiger partial charge in [0.2, 0.25) is 0 Å². The summed E-state index contributed by atoms with van der Waals surface area (Å²) >= 11 is 0. The Balaban J connectivity index is 1.43. The number of rotatable bonds is 9. The van der Waals surface area contributed by atoms with E-state index in [9.17, 15) is 0 Å². The normalized spacial score (nSPS) is 17.5. The van der Waals surface area contributed by atoms with Crippen molar-refractivity contribution in [3.63, 3.8) is 0 Å². The Labute approximate surface area is 161 Å². The van der Waals surface area contributed by atoms with Gasteiger partial charge < -0.3 is 24.5 Å². The maximum Gasteiger partial charge on any atom is 0.191 e. The third-order valence-electron chi connectivity index (χ3n) is 4.38. The Morgan fingerprint density at radius 2 is 1.96 bits per heavy atom. The Bertz CT molecular complexity index is 653. The third-order valence-corrected chi connectivity index (χ3v) is 4.38. The average Bonchev–Trinajstić information content (AvgIpc) is 3.24. The summed E-state index contributed by atoms with van der Waals surface area (Å²) in [4.78, 5) is 4.69. The van der Waals surface area contributed by atoms with Crippen LogP contribution in [0.15, 0.2) is 58.1 Å². The van der Waals surface area contributed by atoms with Gasteiger partial charge in [-0.3, -0.25) is 4.99 Å². The lowest BCUT2D eigenvalue weighted by Gasteiger charge is -2.21. The average molecular weight is 371 g/mol. The highest BCUT2D eigenvalue weighted by Gasteiger charge is 2.13. The van der Waals surface area contributed by atoms with Crippen molar-refractivity contribution >= 4 is 5.96 Å². The summed E-state index contributed by atoms with van der Waals surface area (Å²) in [5, 5.41) is 6.70. The molecule has 1 atom stereocenters. The number of aliphatic imine (C=N–C) groups is 1. The minimum absolute atomic E-state index is 0.225. The van der Waals surface area contributed by atoms with E-state index in [1.807, 2.05) is 42.5 Å². The Morgan fingerprint density at radius 3 is 2.74 bits per heavy atom. The first-order valence-electron chi connectivity index (χ1n) is 9.74. The van der Waals surface area contributed by atoms with Crippen LogP contribution < -0.4 is 15.4 Å². The van der Waals surface area contributed by atoms with Crippen molar-refractivity contribution in [1.82, 2.24) is 10.6 Å². The second-order valence-electron chi connectivity index (χ2n) is 6.52. The first-order chi connectivity index (χ1) is 13.4. The molecular weight excluding hydrogens is 342 g/mol. The minimum atomic E-state index is 0.225. The van der Waals surface area contributed by atoms with Gasteiger partial charge >= 0.3 is 0 Å². The summed E-state index contributed by atoms with van der Waals surface area (Å²) in [5.41, 5.74) is 0. The second-order valence-corrected chi connectivity index (χ2v) is 6.52. The smallest absolute Gasteiger partial charge is 0.191 e. The number of hydrogen-bond donors (Lipinski definition) is 2. The Kier molecular flexibility index (Phi) is 8.07. The summed E-state index contributed by atoms with van der Waals surface area (Å²) < 4.78 is 16.9. The number of ether oxygens (including phenoxy) is 2. The van der Waals surface area contributed by atoms with Crippen LogP contribution in [0.1, 0.15) is 25.0 Å². The molecule has 6 nitrogen and oxygen atoms in total. The number of guanidine groups is 1. The number of para-hydroxylation sites is 1. The maximum absolute atomic E-state index is 5.77. The van der Waals surface area contributed by atoms with E-state index in [4.69, 9.17) is 18.9 Å². The number of nitrogens with one attached hydrogen (secondary N) is 2. The molecule has 6 heteroatoms. The minimum Gasteiger partial charge on any atom is -0.492 e. The zero-order valence-electron chi connectivity index (χ0n) is 15.7. The molecule has 1 aromatic heterocycles. The molecule has 1 unspecified atom stereocenters. The van der Waals surface area contributed by atoms with Crippen molar-refractivity contribution < 1.29 is 13.9 Å². The van der Waals surface area contributed by atoms with Crippen molar-refractivity contribution in [2.75, 3.05) is 32.8 Å². The van der Waals surface area contributed by atoms with E-state index >= 15 is 0 Å². The van der Waals surface area contributed by atoms with Gasteiger partial charge in [-0.05, 0) is 43.5 Å². The van der Waals surface area contributed by atoms with Crippen molar-refractivity contribution in [2.45, 2.75) is 31.8 Å². The monoisotopic (exact) mass is 371 g/mol. The van der Waals surface area contributed by atoms with Gasteiger partial charge in [0.25, 0.3) is 0 Å². The van der Waals surface area contributed by atoms with Gasteiger partial charge in [-0.1, -0.05) is 18.2 Å². The van der Waals surface area contributed by atoms with E-state index in [0.717, 1.165) is 49.9 Å². The van der Waals surface area contributed by atoms with Gasteiger partial charge in [-0.25, -0.2) is 0 Å². The lowest BCUT2D eigenvalue weighted by Crippen LogP contribution is -2.41. The number of furan rings is 1. The zero-order valence-corrected chi connectivity index (χ0v) is 15.7. The number of hydrogen-bond acceptors (Lipinski definition) is 4. The van der Waals surface area contributed by atoms with Crippen LogP contribution in [0.4, 0.5) is 0 Å². The highest BCUT2D eigenvalue weighted by atomic mass is 16.5. The molecule has 0 spiro atoms. The van der Waals surface area contributed by atoms with Crippen molar-refractivity contribution in [2.24, 2.45) is 4.99 Å². The molecule has 1 aromatic carbocycles. The van der Waals surface area contributed by atoms with Gasteiger partial charge in [-0.2, -0.15) is 0 Å². The van der Waals surface area contributed by atoms with E-state index < -0.39 is 0 Å². The van der Waals surface area contributed by atoms with Crippen LogP contribution in [-0.4, -0.2) is 44.9 Å². The predicted molar refractivity (Wildman–Crippen MR) is 106 cm³/mol. The fourth-order valence-corrected chi connectivity index (χ4v) is 2.93. The lowest BCUT2D eigenvalue weighted by atomic mass is 10.1. The second kappa shape index (κ2) is 11.3. The van der Waals surface area contributed by atoms with E-state index in [1.165, 1.54) is 6.42 Å². The van der Waals surface area contributed by atoms with Crippen LogP contribution in [0.3, 0.4) is 0 Å². The molecule has 27 heavy (non-hydrogen) atoms.